The van der Waals surface area contributed by atoms with Gasteiger partial charge in [0.15, 0.2) is 5.96 Å². The van der Waals surface area contributed by atoms with E-state index in [0.29, 0.717) is 25.5 Å². The van der Waals surface area contributed by atoms with Crippen LogP contribution >= 0.6 is 0 Å². The molecule has 2 N–H and O–H groups in total. The molecular formula is C21H25FN4O. The zero-order valence-corrected chi connectivity index (χ0v) is 15.5. The summed E-state index contributed by atoms with van der Waals surface area (Å²) >= 11 is 0. The first-order valence-electron chi connectivity index (χ1n) is 9.31. The number of benzene rings is 2. The number of carbonyl (C=O) groups is 1. The van der Waals surface area contributed by atoms with Crippen molar-refractivity contribution in [2.45, 2.75) is 32.9 Å². The molecule has 1 fully saturated rings. The van der Waals surface area contributed by atoms with Crippen LogP contribution in [0.5, 0.6) is 0 Å². The van der Waals surface area contributed by atoms with Crippen LogP contribution in [0.25, 0.3) is 0 Å². The Bertz CT molecular complexity index is 804. The number of hydrogen-bond acceptors (Lipinski definition) is 2. The van der Waals surface area contributed by atoms with Gasteiger partial charge in [0.2, 0.25) is 5.91 Å². The van der Waals surface area contributed by atoms with E-state index in [-0.39, 0.29) is 11.7 Å². The highest BCUT2D eigenvalue weighted by atomic mass is 19.1. The number of halogens is 1. The summed E-state index contributed by atoms with van der Waals surface area (Å²) in [4.78, 5) is 18.2. The lowest BCUT2D eigenvalue weighted by Crippen LogP contribution is -2.36. The summed E-state index contributed by atoms with van der Waals surface area (Å²) in [6, 6.07) is 14.5. The molecule has 142 valence electrons. The molecule has 0 atom stereocenters. The summed E-state index contributed by atoms with van der Waals surface area (Å²) in [7, 11) is 0. The van der Waals surface area contributed by atoms with Crippen LogP contribution in [0.4, 0.5) is 10.1 Å². The summed E-state index contributed by atoms with van der Waals surface area (Å²) in [5.74, 6) is 0.623. The Morgan fingerprint density at radius 1 is 1.15 bits per heavy atom. The number of rotatable bonds is 6. The molecule has 0 unspecified atom stereocenters. The highest BCUT2D eigenvalue weighted by Crippen LogP contribution is 2.21. The Labute approximate surface area is 159 Å². The van der Waals surface area contributed by atoms with Gasteiger partial charge in [0.05, 0.1) is 6.54 Å². The van der Waals surface area contributed by atoms with Crippen molar-refractivity contribution in [1.82, 2.24) is 10.6 Å². The molecule has 0 aliphatic carbocycles. The van der Waals surface area contributed by atoms with Crippen molar-refractivity contribution in [3.63, 3.8) is 0 Å². The van der Waals surface area contributed by atoms with Crippen molar-refractivity contribution in [3.05, 3.63) is 65.5 Å². The van der Waals surface area contributed by atoms with Crippen LogP contribution in [0.15, 0.2) is 53.5 Å². The fourth-order valence-corrected chi connectivity index (χ4v) is 3.05. The second kappa shape index (κ2) is 9.16. The van der Waals surface area contributed by atoms with E-state index in [1.165, 1.54) is 12.1 Å². The molecule has 0 aromatic heterocycles. The summed E-state index contributed by atoms with van der Waals surface area (Å²) in [5, 5.41) is 6.48. The molecule has 1 aliphatic heterocycles. The van der Waals surface area contributed by atoms with Gasteiger partial charge in [-0.05, 0) is 48.7 Å². The van der Waals surface area contributed by atoms with Gasteiger partial charge in [-0.15, -0.1) is 0 Å². The first kappa shape index (κ1) is 18.9. The monoisotopic (exact) mass is 368 g/mol. The van der Waals surface area contributed by atoms with Gasteiger partial charge in [-0.25, -0.2) is 9.38 Å². The highest BCUT2D eigenvalue weighted by molar-refractivity contribution is 5.95. The smallest absolute Gasteiger partial charge is 0.227 e. The zero-order valence-electron chi connectivity index (χ0n) is 15.5. The second-order valence-corrected chi connectivity index (χ2v) is 6.49. The van der Waals surface area contributed by atoms with Crippen molar-refractivity contribution in [1.29, 1.82) is 0 Å². The maximum absolute atomic E-state index is 13.3. The number of nitrogens with one attached hydrogen (secondary N) is 2. The largest absolute Gasteiger partial charge is 0.357 e. The summed E-state index contributed by atoms with van der Waals surface area (Å²) < 4.78 is 13.3. The predicted molar refractivity (Wildman–Crippen MR) is 106 cm³/mol. The Kier molecular flexibility index (Phi) is 6.41. The van der Waals surface area contributed by atoms with Crippen LogP contribution in [0.1, 0.15) is 30.9 Å². The Morgan fingerprint density at radius 3 is 2.63 bits per heavy atom. The molecule has 1 saturated heterocycles. The zero-order chi connectivity index (χ0) is 19.1. The number of nitrogens with zero attached hydrogens (tertiary/aromatic N) is 2. The topological polar surface area (TPSA) is 56.7 Å². The molecule has 5 nitrogen and oxygen atoms in total. The molecule has 1 heterocycles. The van der Waals surface area contributed by atoms with Crippen molar-refractivity contribution in [2.75, 3.05) is 18.0 Å². The van der Waals surface area contributed by atoms with E-state index in [1.807, 2.05) is 42.2 Å². The first-order chi connectivity index (χ1) is 13.2. The van der Waals surface area contributed by atoms with E-state index in [1.54, 1.807) is 6.07 Å². The third-order valence-corrected chi connectivity index (χ3v) is 4.43. The van der Waals surface area contributed by atoms with Crippen LogP contribution in [0.3, 0.4) is 0 Å². The average molecular weight is 368 g/mol. The molecule has 27 heavy (non-hydrogen) atoms. The van der Waals surface area contributed by atoms with Gasteiger partial charge >= 0.3 is 0 Å². The van der Waals surface area contributed by atoms with Gasteiger partial charge in [0.1, 0.15) is 5.82 Å². The van der Waals surface area contributed by atoms with Crippen LogP contribution in [-0.2, 0) is 17.9 Å². The SMILES string of the molecule is CCNC(=NCc1cccc(F)c1)NCc1ccc(N2CCCC2=O)cc1. The summed E-state index contributed by atoms with van der Waals surface area (Å²) in [5.41, 5.74) is 2.88. The minimum Gasteiger partial charge on any atom is -0.357 e. The van der Waals surface area contributed by atoms with Gasteiger partial charge in [-0.2, -0.15) is 0 Å². The Hall–Kier alpha value is -2.89. The molecular weight excluding hydrogens is 343 g/mol. The Balaban J connectivity index is 1.58. The summed E-state index contributed by atoms with van der Waals surface area (Å²) in [6.07, 6.45) is 1.56. The van der Waals surface area contributed by atoms with Crippen LogP contribution in [-0.4, -0.2) is 25.0 Å². The van der Waals surface area contributed by atoms with E-state index >= 15 is 0 Å². The van der Waals surface area contributed by atoms with Gasteiger partial charge < -0.3 is 15.5 Å². The van der Waals surface area contributed by atoms with Crippen LogP contribution < -0.4 is 15.5 Å². The number of hydrogen-bond donors (Lipinski definition) is 2. The fourth-order valence-electron chi connectivity index (χ4n) is 3.05. The number of guanidine groups is 1. The first-order valence-corrected chi connectivity index (χ1v) is 9.31. The highest BCUT2D eigenvalue weighted by Gasteiger charge is 2.21. The molecule has 2 aromatic rings. The number of anilines is 1. The number of amides is 1. The Morgan fingerprint density at radius 2 is 1.96 bits per heavy atom. The van der Waals surface area contributed by atoms with Gasteiger partial charge in [0, 0.05) is 31.7 Å². The molecule has 1 aliphatic rings. The minimum absolute atomic E-state index is 0.194. The maximum atomic E-state index is 13.3. The molecule has 0 bridgehead atoms. The third kappa shape index (κ3) is 5.29. The molecule has 3 rings (SSSR count). The second-order valence-electron chi connectivity index (χ2n) is 6.49. The summed E-state index contributed by atoms with van der Waals surface area (Å²) in [6.45, 7) is 4.56. The maximum Gasteiger partial charge on any atom is 0.227 e. The lowest BCUT2D eigenvalue weighted by atomic mass is 10.2. The number of carbonyl (C=O) groups excluding carboxylic acids is 1. The van der Waals surface area contributed by atoms with E-state index in [2.05, 4.69) is 15.6 Å². The normalized spacial score (nSPS) is 14.5. The third-order valence-electron chi connectivity index (χ3n) is 4.43. The quantitative estimate of drug-likeness (QED) is 0.608. The minimum atomic E-state index is -0.253. The van der Waals surface area contributed by atoms with Crippen molar-refractivity contribution < 1.29 is 9.18 Å². The van der Waals surface area contributed by atoms with Gasteiger partial charge in [-0.1, -0.05) is 24.3 Å². The van der Waals surface area contributed by atoms with E-state index in [9.17, 15) is 9.18 Å². The fraction of sp³-hybridized carbons (Fsp3) is 0.333. The molecule has 0 saturated carbocycles. The van der Waals surface area contributed by atoms with Crippen molar-refractivity contribution in [2.24, 2.45) is 4.99 Å². The molecule has 6 heteroatoms. The van der Waals surface area contributed by atoms with E-state index in [0.717, 1.165) is 36.3 Å². The van der Waals surface area contributed by atoms with E-state index in [4.69, 9.17) is 0 Å². The van der Waals surface area contributed by atoms with Gasteiger partial charge in [-0.3, -0.25) is 4.79 Å². The molecule has 2 aromatic carbocycles. The van der Waals surface area contributed by atoms with Gasteiger partial charge in [0.25, 0.3) is 0 Å². The molecule has 1 amide bonds. The van der Waals surface area contributed by atoms with Crippen molar-refractivity contribution >= 4 is 17.6 Å². The lowest BCUT2D eigenvalue weighted by molar-refractivity contribution is -0.117. The molecule has 0 spiro atoms. The lowest BCUT2D eigenvalue weighted by Gasteiger charge is -2.16. The number of aliphatic imine (C=N–C) groups is 1. The van der Waals surface area contributed by atoms with Crippen LogP contribution in [0.2, 0.25) is 0 Å². The van der Waals surface area contributed by atoms with Crippen LogP contribution in [0, 0.1) is 5.82 Å². The van der Waals surface area contributed by atoms with E-state index < -0.39 is 0 Å². The molecule has 0 radical (unpaired) electrons. The van der Waals surface area contributed by atoms with Crippen molar-refractivity contribution in [3.8, 4) is 0 Å². The standard InChI is InChI=1S/C21H25FN4O/c1-2-23-21(25-15-17-5-3-6-18(22)13-17)24-14-16-8-10-19(11-9-16)26-12-4-7-20(26)27/h3,5-6,8-11,13H,2,4,7,12,14-15H2,1H3,(H2,23,24,25). The average Bonchev–Trinajstić information content (AvgIpc) is 3.10. The predicted octanol–water partition coefficient (Wildman–Crippen LogP) is 3.21.